The minimum Gasteiger partial charge on any atom is -0.339 e. The van der Waals surface area contributed by atoms with Gasteiger partial charge < -0.3 is 20.4 Å². The molecule has 1 unspecified atom stereocenters. The van der Waals surface area contributed by atoms with Crippen LogP contribution in [0, 0.1) is 5.82 Å². The van der Waals surface area contributed by atoms with Crippen molar-refractivity contribution in [1.29, 1.82) is 0 Å². The first kappa shape index (κ1) is 24.1. The maximum Gasteiger partial charge on any atom is 0.251 e. The maximum absolute atomic E-state index is 13.4. The van der Waals surface area contributed by atoms with Crippen molar-refractivity contribution in [2.45, 2.75) is 24.4 Å². The highest BCUT2D eigenvalue weighted by atomic mass is 19.1. The Bertz CT molecular complexity index is 1180. The van der Waals surface area contributed by atoms with E-state index >= 15 is 0 Å². The monoisotopic (exact) mass is 491 g/mol. The molecule has 0 spiro atoms. The molecule has 2 N–H and O–H groups in total. The van der Waals surface area contributed by atoms with Crippen LogP contribution in [0.4, 0.5) is 4.39 Å². The third-order valence-electron chi connectivity index (χ3n) is 6.91. The van der Waals surface area contributed by atoms with Gasteiger partial charge in [0.15, 0.2) is 0 Å². The number of amides is 2. The SMILES string of the molecule is CN1CCN(C(=O)C(CN[C@@H]2C[C@H]2c2ccc(F)cc2)NC(=O)c2ccc(-n3ccnn3)cc2)CC1. The van der Waals surface area contributed by atoms with Crippen molar-refractivity contribution < 1.29 is 14.0 Å². The number of carbonyl (C=O) groups is 2. The van der Waals surface area contributed by atoms with Crippen molar-refractivity contribution in [1.82, 2.24) is 35.4 Å². The zero-order valence-corrected chi connectivity index (χ0v) is 20.2. The lowest BCUT2D eigenvalue weighted by Gasteiger charge is -2.35. The topological polar surface area (TPSA) is 95.4 Å². The molecular formula is C26H30FN7O2. The van der Waals surface area contributed by atoms with Gasteiger partial charge >= 0.3 is 0 Å². The predicted molar refractivity (Wildman–Crippen MR) is 132 cm³/mol. The minimum absolute atomic E-state index is 0.0813. The Kier molecular flexibility index (Phi) is 7.06. The first-order chi connectivity index (χ1) is 17.5. The number of nitrogens with zero attached hydrogens (tertiary/aromatic N) is 5. The first-order valence-corrected chi connectivity index (χ1v) is 12.2. The molecule has 1 saturated heterocycles. The molecule has 0 radical (unpaired) electrons. The van der Waals surface area contributed by atoms with E-state index < -0.39 is 6.04 Å². The van der Waals surface area contributed by atoms with Gasteiger partial charge in [-0.1, -0.05) is 17.3 Å². The van der Waals surface area contributed by atoms with Crippen molar-refractivity contribution in [2.24, 2.45) is 0 Å². The van der Waals surface area contributed by atoms with Crippen LogP contribution in [0.1, 0.15) is 28.3 Å². The molecule has 5 rings (SSSR count). The van der Waals surface area contributed by atoms with Crippen LogP contribution in [-0.4, -0.2) is 88.5 Å². The molecule has 2 aromatic carbocycles. The lowest BCUT2D eigenvalue weighted by molar-refractivity contribution is -0.134. The lowest BCUT2D eigenvalue weighted by Crippen LogP contribution is -2.57. The number of halogens is 1. The van der Waals surface area contributed by atoms with E-state index in [0.29, 0.717) is 25.2 Å². The molecule has 2 amide bonds. The molecule has 2 heterocycles. The number of hydrogen-bond donors (Lipinski definition) is 2. The summed E-state index contributed by atoms with van der Waals surface area (Å²) in [7, 11) is 2.04. The largest absolute Gasteiger partial charge is 0.339 e. The molecule has 1 aliphatic heterocycles. The van der Waals surface area contributed by atoms with E-state index in [2.05, 4.69) is 25.8 Å². The van der Waals surface area contributed by atoms with Crippen LogP contribution in [0.3, 0.4) is 0 Å². The molecule has 36 heavy (non-hydrogen) atoms. The van der Waals surface area contributed by atoms with Crippen LogP contribution < -0.4 is 10.6 Å². The van der Waals surface area contributed by atoms with Gasteiger partial charge in [0.1, 0.15) is 11.9 Å². The van der Waals surface area contributed by atoms with Gasteiger partial charge in [-0.25, -0.2) is 9.07 Å². The van der Waals surface area contributed by atoms with Gasteiger partial charge in [-0.15, -0.1) is 5.10 Å². The molecule has 1 aliphatic carbocycles. The molecule has 3 atom stereocenters. The Morgan fingerprint density at radius 3 is 2.44 bits per heavy atom. The molecule has 1 aromatic heterocycles. The summed E-state index contributed by atoms with van der Waals surface area (Å²) < 4.78 is 14.9. The summed E-state index contributed by atoms with van der Waals surface area (Å²) in [5.41, 5.74) is 2.33. The summed E-state index contributed by atoms with van der Waals surface area (Å²) in [6.45, 7) is 3.21. The van der Waals surface area contributed by atoms with Crippen molar-refractivity contribution in [3.8, 4) is 5.69 Å². The molecule has 9 nitrogen and oxygen atoms in total. The van der Waals surface area contributed by atoms with E-state index in [1.165, 1.54) is 12.1 Å². The second-order valence-electron chi connectivity index (χ2n) is 9.46. The highest BCUT2D eigenvalue weighted by molar-refractivity contribution is 5.97. The van der Waals surface area contributed by atoms with E-state index in [0.717, 1.165) is 30.8 Å². The van der Waals surface area contributed by atoms with Crippen molar-refractivity contribution in [3.05, 3.63) is 77.9 Å². The number of aromatic nitrogens is 3. The average molecular weight is 492 g/mol. The fraction of sp³-hybridized carbons (Fsp3) is 0.385. The summed E-state index contributed by atoms with van der Waals surface area (Å²) >= 11 is 0. The Hall–Kier alpha value is -3.63. The van der Waals surface area contributed by atoms with Crippen molar-refractivity contribution >= 4 is 11.8 Å². The van der Waals surface area contributed by atoms with Gasteiger partial charge in [-0.3, -0.25) is 9.59 Å². The molecule has 2 fully saturated rings. The lowest BCUT2D eigenvalue weighted by atomic mass is 10.1. The zero-order chi connectivity index (χ0) is 25.1. The van der Waals surface area contributed by atoms with E-state index in [-0.39, 0.29) is 29.6 Å². The fourth-order valence-corrected chi connectivity index (χ4v) is 4.57. The highest BCUT2D eigenvalue weighted by Gasteiger charge is 2.39. The number of piperazine rings is 1. The third-order valence-corrected chi connectivity index (χ3v) is 6.91. The Morgan fingerprint density at radius 2 is 1.78 bits per heavy atom. The quantitative estimate of drug-likeness (QED) is 0.495. The van der Waals surface area contributed by atoms with E-state index in [1.54, 1.807) is 53.5 Å². The van der Waals surface area contributed by atoms with E-state index in [1.807, 2.05) is 11.9 Å². The maximum atomic E-state index is 13.4. The summed E-state index contributed by atoms with van der Waals surface area (Å²) in [4.78, 5) is 30.5. The number of hydrogen-bond acceptors (Lipinski definition) is 6. The standard InChI is InChI=1S/C26H30FN7O2/c1-32-12-14-33(15-13-32)26(36)24(17-28-23-16-22(23)18-2-6-20(27)7-3-18)30-25(35)19-4-8-21(9-5-19)34-11-10-29-31-34/h2-11,22-24,28H,12-17H2,1H3,(H,30,35)/t22-,23+,24?/m0/s1. The molecule has 2 aliphatic rings. The van der Waals surface area contributed by atoms with Crippen molar-refractivity contribution in [3.63, 3.8) is 0 Å². The van der Waals surface area contributed by atoms with Crippen LogP contribution in [0.15, 0.2) is 60.9 Å². The summed E-state index contributed by atoms with van der Waals surface area (Å²) in [6, 6.07) is 13.1. The van der Waals surface area contributed by atoms with Crippen LogP contribution in [0.5, 0.6) is 0 Å². The first-order valence-electron chi connectivity index (χ1n) is 12.2. The van der Waals surface area contributed by atoms with Gasteiger partial charge in [-0.05, 0) is 55.4 Å². The second kappa shape index (κ2) is 10.5. The highest BCUT2D eigenvalue weighted by Crippen LogP contribution is 2.40. The molecule has 0 bridgehead atoms. The van der Waals surface area contributed by atoms with Crippen LogP contribution in [0.25, 0.3) is 5.69 Å². The normalized spacial score (nSPS) is 20.7. The molecule has 10 heteroatoms. The summed E-state index contributed by atoms with van der Waals surface area (Å²) in [5, 5.41) is 14.1. The van der Waals surface area contributed by atoms with E-state index in [9.17, 15) is 14.0 Å². The summed E-state index contributed by atoms with van der Waals surface area (Å²) in [5.74, 6) is -0.355. The Balaban J connectivity index is 1.24. The molecule has 3 aromatic rings. The molecule has 1 saturated carbocycles. The van der Waals surface area contributed by atoms with Crippen molar-refractivity contribution in [2.75, 3.05) is 39.8 Å². The number of likely N-dealkylation sites (N-methyl/N-ethyl adjacent to an activating group) is 1. The van der Waals surface area contributed by atoms with Gasteiger partial charge in [0.2, 0.25) is 5.91 Å². The predicted octanol–water partition coefficient (Wildman–Crippen LogP) is 1.42. The number of rotatable bonds is 8. The van der Waals surface area contributed by atoms with Crippen LogP contribution in [-0.2, 0) is 4.79 Å². The van der Waals surface area contributed by atoms with Crippen LogP contribution >= 0.6 is 0 Å². The van der Waals surface area contributed by atoms with Gasteiger partial charge in [0.25, 0.3) is 5.91 Å². The molecular weight excluding hydrogens is 461 g/mol. The third kappa shape index (κ3) is 5.60. The Labute approximate surface area is 209 Å². The zero-order valence-electron chi connectivity index (χ0n) is 20.2. The minimum atomic E-state index is -0.689. The van der Waals surface area contributed by atoms with Gasteiger partial charge in [-0.2, -0.15) is 0 Å². The van der Waals surface area contributed by atoms with Gasteiger partial charge in [0, 0.05) is 50.2 Å². The Morgan fingerprint density at radius 1 is 1.06 bits per heavy atom. The number of nitrogens with one attached hydrogen (secondary N) is 2. The average Bonchev–Trinajstić information content (AvgIpc) is 3.46. The number of benzene rings is 2. The van der Waals surface area contributed by atoms with Crippen LogP contribution in [0.2, 0.25) is 0 Å². The van der Waals surface area contributed by atoms with Gasteiger partial charge in [0.05, 0.1) is 18.1 Å². The number of carbonyl (C=O) groups excluding carboxylic acids is 2. The summed E-state index contributed by atoms with van der Waals surface area (Å²) in [6.07, 6.45) is 4.23. The smallest absolute Gasteiger partial charge is 0.251 e. The second-order valence-corrected chi connectivity index (χ2v) is 9.46. The molecule has 188 valence electrons. The van der Waals surface area contributed by atoms with E-state index in [4.69, 9.17) is 0 Å². The fourth-order valence-electron chi connectivity index (χ4n) is 4.57.